The third-order valence-electron chi connectivity index (χ3n) is 14.0. The molecule has 0 bridgehead atoms. The number of hydrogen-bond donors (Lipinski definition) is 0. The van der Waals surface area contributed by atoms with Crippen LogP contribution in [-0.2, 0) is 70.0 Å². The minimum atomic E-state index is -1.55. The highest BCUT2D eigenvalue weighted by Gasteiger charge is 2.38. The van der Waals surface area contributed by atoms with Crippen LogP contribution in [-0.4, -0.2) is 83.1 Å². The van der Waals surface area contributed by atoms with E-state index in [9.17, 15) is 28.8 Å². The maximum absolute atomic E-state index is 12.8. The summed E-state index contributed by atoms with van der Waals surface area (Å²) in [5.74, 6) is -1.15. The predicted molar refractivity (Wildman–Crippen MR) is 268 cm³/mol. The molecule has 2 aromatic rings. The Labute approximate surface area is 416 Å². The van der Waals surface area contributed by atoms with Gasteiger partial charge in [-0.05, 0) is 122 Å². The highest BCUT2D eigenvalue weighted by atomic mass is 16.6. The van der Waals surface area contributed by atoms with Gasteiger partial charge >= 0.3 is 35.8 Å². The SMILES string of the molecule is C=C(C)C(=O)OCCCc1cc(-c2ccc(C3CCC(CCC4CCC(CCCCC)CC4)CC3)cc2CC)ccc1OCC(COC(=O)CC(=O)OC)(COC(=O)CC(=O)OC)COC(=O)C(=C)C. The lowest BCUT2D eigenvalue weighted by molar-refractivity contribution is -0.165. The lowest BCUT2D eigenvalue weighted by Gasteiger charge is -2.32. The molecule has 0 amide bonds. The first-order valence-corrected chi connectivity index (χ1v) is 25.6. The summed E-state index contributed by atoms with van der Waals surface area (Å²) in [6.07, 6.45) is 19.3. The van der Waals surface area contributed by atoms with Crippen molar-refractivity contribution in [3.05, 3.63) is 77.4 Å². The van der Waals surface area contributed by atoms with E-state index in [2.05, 4.69) is 54.7 Å². The van der Waals surface area contributed by atoms with Gasteiger partial charge < -0.3 is 33.2 Å². The van der Waals surface area contributed by atoms with Crippen molar-refractivity contribution in [3.63, 3.8) is 0 Å². The first-order valence-electron chi connectivity index (χ1n) is 25.6. The number of esters is 6. The standard InChI is InChI=1S/C57H80O13/c1-9-11-12-14-41-16-18-42(19-17-41)20-21-43-22-24-45(25-23-43)46-26-28-49(44(10-2)31-46)47-27-29-50(48(32-47)15-13-30-66-55(62)39(3)4)67-35-57(38-70-56(63)40(5)6,36-68-53(60)33-51(58)64-7)37-69-54(61)34-52(59)65-8/h26-29,31-32,41-43,45H,3,5,9-25,30,33-38H2,1-2,4,6-8H3. The largest absolute Gasteiger partial charge is 0.492 e. The summed E-state index contributed by atoms with van der Waals surface area (Å²) in [4.78, 5) is 74.3. The number of hydrogen-bond acceptors (Lipinski definition) is 13. The molecular weight excluding hydrogens is 893 g/mol. The lowest BCUT2D eigenvalue weighted by atomic mass is 9.73. The number of aryl methyl sites for hydroxylation is 2. The van der Waals surface area contributed by atoms with Crippen LogP contribution in [0.15, 0.2) is 60.7 Å². The Hall–Kier alpha value is -5.46. The van der Waals surface area contributed by atoms with E-state index in [1.807, 2.05) is 18.2 Å². The fourth-order valence-corrected chi connectivity index (χ4v) is 9.60. The van der Waals surface area contributed by atoms with E-state index < -0.39 is 73.9 Å². The minimum Gasteiger partial charge on any atom is -0.492 e. The van der Waals surface area contributed by atoms with E-state index in [0.29, 0.717) is 30.1 Å². The van der Waals surface area contributed by atoms with Crippen LogP contribution in [0.5, 0.6) is 5.75 Å². The van der Waals surface area contributed by atoms with Crippen LogP contribution in [0.3, 0.4) is 0 Å². The summed E-state index contributed by atoms with van der Waals surface area (Å²) in [5.41, 5.74) is 4.29. The van der Waals surface area contributed by atoms with Gasteiger partial charge in [-0.3, -0.25) is 19.2 Å². The van der Waals surface area contributed by atoms with E-state index in [-0.39, 0.29) is 18.8 Å². The second kappa shape index (κ2) is 29.7. The zero-order chi connectivity index (χ0) is 51.1. The minimum absolute atomic E-state index is 0.0863. The average Bonchev–Trinajstić information content (AvgIpc) is 3.36. The van der Waals surface area contributed by atoms with Crippen LogP contribution >= 0.6 is 0 Å². The Balaban J connectivity index is 1.55. The quantitative estimate of drug-likeness (QED) is 0.0249. The fourth-order valence-electron chi connectivity index (χ4n) is 9.60. The molecule has 13 nitrogen and oxygen atoms in total. The van der Waals surface area contributed by atoms with Crippen molar-refractivity contribution in [2.45, 2.75) is 156 Å². The smallest absolute Gasteiger partial charge is 0.333 e. The lowest BCUT2D eigenvalue weighted by Crippen LogP contribution is -2.44. The van der Waals surface area contributed by atoms with Gasteiger partial charge in [-0.25, -0.2) is 9.59 Å². The molecule has 2 fully saturated rings. The van der Waals surface area contributed by atoms with E-state index in [0.717, 1.165) is 55.1 Å². The molecular formula is C57H80O13. The molecule has 0 spiro atoms. The number of benzene rings is 2. The summed E-state index contributed by atoms with van der Waals surface area (Å²) in [6.45, 7) is 13.1. The molecule has 2 aromatic carbocycles. The first kappa shape index (κ1) is 57.1. The highest BCUT2D eigenvalue weighted by molar-refractivity contribution is 5.91. The van der Waals surface area contributed by atoms with Gasteiger partial charge in [-0.2, -0.15) is 0 Å². The van der Waals surface area contributed by atoms with Gasteiger partial charge in [0.2, 0.25) is 0 Å². The van der Waals surface area contributed by atoms with Gasteiger partial charge in [0.25, 0.3) is 0 Å². The molecule has 386 valence electrons. The van der Waals surface area contributed by atoms with Crippen molar-refractivity contribution in [1.29, 1.82) is 0 Å². The van der Waals surface area contributed by atoms with E-state index >= 15 is 0 Å². The Morgan fingerprint density at radius 2 is 1.13 bits per heavy atom. The van der Waals surface area contributed by atoms with Crippen LogP contribution < -0.4 is 4.74 Å². The second-order valence-electron chi connectivity index (χ2n) is 19.8. The van der Waals surface area contributed by atoms with Crippen LogP contribution in [0.1, 0.15) is 159 Å². The molecule has 13 heteroatoms. The van der Waals surface area contributed by atoms with Crippen molar-refractivity contribution < 1.29 is 61.9 Å². The van der Waals surface area contributed by atoms with Crippen molar-refractivity contribution in [1.82, 2.24) is 0 Å². The van der Waals surface area contributed by atoms with Crippen molar-refractivity contribution >= 4 is 35.8 Å². The van der Waals surface area contributed by atoms with Gasteiger partial charge in [0.1, 0.15) is 50.4 Å². The molecule has 0 heterocycles. The topological polar surface area (TPSA) is 167 Å². The van der Waals surface area contributed by atoms with Crippen LogP contribution in [0.25, 0.3) is 11.1 Å². The molecule has 70 heavy (non-hydrogen) atoms. The summed E-state index contributed by atoms with van der Waals surface area (Å²) in [7, 11) is 2.26. The zero-order valence-corrected chi connectivity index (χ0v) is 43.0. The van der Waals surface area contributed by atoms with E-state index in [4.69, 9.17) is 23.7 Å². The Bertz CT molecular complexity index is 2040. The predicted octanol–water partition coefficient (Wildman–Crippen LogP) is 11.1. The molecule has 2 aliphatic rings. The highest BCUT2D eigenvalue weighted by Crippen LogP contribution is 2.42. The molecule has 0 saturated heterocycles. The summed E-state index contributed by atoms with van der Waals surface area (Å²) < 4.78 is 37.7. The van der Waals surface area contributed by atoms with E-state index in [1.165, 1.54) is 108 Å². The van der Waals surface area contributed by atoms with Gasteiger partial charge in [0.05, 0.1) is 20.8 Å². The van der Waals surface area contributed by atoms with E-state index in [1.54, 1.807) is 6.92 Å². The second-order valence-corrected chi connectivity index (χ2v) is 19.8. The van der Waals surface area contributed by atoms with Gasteiger partial charge in [0, 0.05) is 11.1 Å². The van der Waals surface area contributed by atoms with Crippen molar-refractivity contribution in [2.24, 2.45) is 23.2 Å². The molecule has 0 radical (unpaired) electrons. The van der Waals surface area contributed by atoms with Gasteiger partial charge in [-0.1, -0.05) is 115 Å². The van der Waals surface area contributed by atoms with Gasteiger partial charge in [-0.15, -0.1) is 0 Å². The maximum atomic E-state index is 12.8. The monoisotopic (exact) mass is 973 g/mol. The molecule has 2 saturated carbocycles. The Morgan fingerprint density at radius 1 is 0.586 bits per heavy atom. The molecule has 0 atom stereocenters. The molecule has 0 unspecified atom stereocenters. The zero-order valence-electron chi connectivity index (χ0n) is 43.0. The number of ether oxygens (including phenoxy) is 7. The van der Waals surface area contributed by atoms with Crippen LogP contribution in [0.2, 0.25) is 0 Å². The molecule has 2 aliphatic carbocycles. The number of carbonyl (C=O) groups excluding carboxylic acids is 6. The first-order chi connectivity index (χ1) is 33.6. The number of rotatable bonds is 29. The summed E-state index contributed by atoms with van der Waals surface area (Å²) >= 11 is 0. The third kappa shape index (κ3) is 19.0. The summed E-state index contributed by atoms with van der Waals surface area (Å²) in [5, 5.41) is 0. The average molecular weight is 973 g/mol. The fraction of sp³-hybridized carbons (Fsp3) is 0.614. The molecule has 4 rings (SSSR count). The van der Waals surface area contributed by atoms with Gasteiger partial charge in [0.15, 0.2) is 0 Å². The number of carbonyl (C=O) groups is 6. The van der Waals surface area contributed by atoms with Crippen LogP contribution in [0.4, 0.5) is 0 Å². The number of methoxy groups -OCH3 is 2. The Morgan fingerprint density at radius 3 is 1.67 bits per heavy atom. The number of unbranched alkanes of at least 4 members (excludes halogenated alkanes) is 2. The molecule has 0 N–H and O–H groups in total. The van der Waals surface area contributed by atoms with Crippen LogP contribution in [0, 0.1) is 23.2 Å². The summed E-state index contributed by atoms with van der Waals surface area (Å²) in [6, 6.07) is 12.7. The normalized spacial score (nSPS) is 17.9. The third-order valence-corrected chi connectivity index (χ3v) is 14.0. The molecule has 0 aliphatic heterocycles. The van der Waals surface area contributed by atoms with Crippen molar-refractivity contribution in [3.8, 4) is 16.9 Å². The molecule has 0 aromatic heterocycles. The van der Waals surface area contributed by atoms with Crippen molar-refractivity contribution in [2.75, 3.05) is 47.3 Å². The maximum Gasteiger partial charge on any atom is 0.333 e. The Kier molecular flexibility index (Phi) is 24.2.